The summed E-state index contributed by atoms with van der Waals surface area (Å²) in [5, 5.41) is 11.2. The van der Waals surface area contributed by atoms with Crippen molar-refractivity contribution in [3.8, 4) is 0 Å². The highest BCUT2D eigenvalue weighted by Crippen LogP contribution is 2.47. The van der Waals surface area contributed by atoms with Crippen LogP contribution in [0, 0.1) is 17.7 Å². The molecule has 6 rings (SSSR count). The number of anilines is 3. The summed E-state index contributed by atoms with van der Waals surface area (Å²) in [5.74, 6) is -2.04. The Balaban J connectivity index is 1.13. The van der Waals surface area contributed by atoms with E-state index in [4.69, 9.17) is 9.47 Å². The quantitative estimate of drug-likeness (QED) is 0.149. The van der Waals surface area contributed by atoms with Gasteiger partial charge in [0.15, 0.2) is 0 Å². The van der Waals surface area contributed by atoms with Gasteiger partial charge in [0, 0.05) is 30.2 Å². The van der Waals surface area contributed by atoms with Crippen LogP contribution in [0.4, 0.5) is 31.0 Å². The number of rotatable bonds is 13. The van der Waals surface area contributed by atoms with Crippen LogP contribution >= 0.6 is 0 Å². The van der Waals surface area contributed by atoms with E-state index in [1.807, 2.05) is 76.2 Å². The molecule has 3 aromatic carbocycles. The highest BCUT2D eigenvalue weighted by molar-refractivity contribution is 5.99. The Labute approximate surface area is 362 Å². The fraction of sp³-hybridized carbons (Fsp3) is 0.478. The molecule has 0 aliphatic carbocycles. The molecule has 4 N–H and O–H groups in total. The molecule has 3 saturated heterocycles. The average molecular weight is 856 g/mol. The van der Waals surface area contributed by atoms with Gasteiger partial charge in [0.2, 0.25) is 23.6 Å². The molecule has 3 heterocycles. The third kappa shape index (κ3) is 10.3. The van der Waals surface area contributed by atoms with Gasteiger partial charge in [-0.25, -0.2) is 14.0 Å². The Morgan fingerprint density at radius 1 is 0.581 bits per heavy atom. The van der Waals surface area contributed by atoms with E-state index in [0.29, 0.717) is 50.1 Å². The van der Waals surface area contributed by atoms with Crippen molar-refractivity contribution in [2.24, 2.45) is 11.8 Å². The maximum absolute atomic E-state index is 14.2. The van der Waals surface area contributed by atoms with Crippen LogP contribution in [0.3, 0.4) is 0 Å². The number of likely N-dealkylation sites (tertiary alicyclic amines) is 2. The smallest absolute Gasteiger partial charge is 0.407 e. The maximum atomic E-state index is 14.2. The molecular weight excluding hydrogens is 798 g/mol. The van der Waals surface area contributed by atoms with E-state index in [9.17, 15) is 33.2 Å². The number of nitrogens with one attached hydrogen (secondary N) is 4. The number of methoxy groups -OCH3 is 2. The molecule has 6 atom stereocenters. The zero-order valence-corrected chi connectivity index (χ0v) is 36.2. The molecule has 3 aliphatic heterocycles. The van der Waals surface area contributed by atoms with Crippen LogP contribution in [0.25, 0.3) is 0 Å². The summed E-state index contributed by atoms with van der Waals surface area (Å²) in [7, 11) is 2.47. The van der Waals surface area contributed by atoms with Gasteiger partial charge in [0.25, 0.3) is 0 Å². The molecule has 3 fully saturated rings. The fourth-order valence-electron chi connectivity index (χ4n) is 8.83. The van der Waals surface area contributed by atoms with Gasteiger partial charge in [-0.15, -0.1) is 0 Å². The number of alkyl carbamates (subject to hydrolysis) is 2. The number of carbonyl (C=O) groups excluding carboxylic acids is 6. The van der Waals surface area contributed by atoms with Crippen molar-refractivity contribution >= 4 is 52.9 Å². The van der Waals surface area contributed by atoms with Crippen LogP contribution in [0.5, 0.6) is 0 Å². The van der Waals surface area contributed by atoms with Gasteiger partial charge in [0.05, 0.1) is 26.3 Å². The minimum Gasteiger partial charge on any atom is -0.453 e. The van der Waals surface area contributed by atoms with Crippen LogP contribution in [0.15, 0.2) is 72.8 Å². The SMILES string of the molecule is COC(=O)N[C@H](C(=O)N1CCC[C@H]1C(=O)Nc1ccc([C@H]2CC[C@@H](c3ccc(NC(=O)[C@@H]4CCCN4C(=O)[C@@H](NC(=O)OC)C(C)C)cc3)N2c2ccc(F)cc2)cc1)C(C)C. The third-order valence-corrected chi connectivity index (χ3v) is 12.1. The molecule has 332 valence electrons. The largest absolute Gasteiger partial charge is 0.453 e. The molecule has 0 aromatic heterocycles. The van der Waals surface area contributed by atoms with E-state index in [1.54, 1.807) is 12.1 Å². The average Bonchev–Trinajstić information content (AvgIpc) is 4.06. The van der Waals surface area contributed by atoms with Crippen molar-refractivity contribution in [1.29, 1.82) is 0 Å². The minimum atomic E-state index is -0.831. The first-order valence-corrected chi connectivity index (χ1v) is 21.4. The van der Waals surface area contributed by atoms with Crippen LogP contribution in [0.1, 0.15) is 89.4 Å². The zero-order valence-electron chi connectivity index (χ0n) is 36.2. The monoisotopic (exact) mass is 855 g/mol. The van der Waals surface area contributed by atoms with Crippen LogP contribution in [-0.2, 0) is 28.7 Å². The Morgan fingerprint density at radius 2 is 0.968 bits per heavy atom. The van der Waals surface area contributed by atoms with Gasteiger partial charge < -0.3 is 45.4 Å². The third-order valence-electron chi connectivity index (χ3n) is 12.1. The number of halogens is 1. The van der Waals surface area contributed by atoms with E-state index in [1.165, 1.54) is 36.2 Å². The maximum Gasteiger partial charge on any atom is 0.407 e. The van der Waals surface area contributed by atoms with Crippen molar-refractivity contribution in [3.05, 3.63) is 89.7 Å². The second kappa shape index (κ2) is 20.1. The first-order chi connectivity index (χ1) is 29.7. The van der Waals surface area contributed by atoms with Crippen molar-refractivity contribution in [3.63, 3.8) is 0 Å². The van der Waals surface area contributed by atoms with Crippen LogP contribution in [-0.4, -0.2) is 97.1 Å². The van der Waals surface area contributed by atoms with Crippen molar-refractivity contribution in [2.75, 3.05) is 42.8 Å². The predicted molar refractivity (Wildman–Crippen MR) is 232 cm³/mol. The van der Waals surface area contributed by atoms with E-state index in [-0.39, 0.29) is 53.4 Å². The summed E-state index contributed by atoms with van der Waals surface area (Å²) in [6.07, 6.45) is 2.47. The Kier molecular flexibility index (Phi) is 14.7. The Hall–Kier alpha value is -6.19. The number of benzene rings is 3. The topological polar surface area (TPSA) is 179 Å². The number of carbonyl (C=O) groups is 6. The summed E-state index contributed by atoms with van der Waals surface area (Å²) < 4.78 is 23.6. The van der Waals surface area contributed by atoms with Gasteiger partial charge in [-0.2, -0.15) is 0 Å². The summed E-state index contributed by atoms with van der Waals surface area (Å²) in [6.45, 7) is 8.10. The molecule has 3 aromatic rings. The van der Waals surface area contributed by atoms with Gasteiger partial charge in [0.1, 0.15) is 30.0 Å². The lowest BCUT2D eigenvalue weighted by Crippen LogP contribution is -2.54. The standard InChI is InChI=1S/C46H58FN7O8/c1-27(2)39(50-45(59)61-5)43(57)52-25-7-9-37(52)41(55)48-32-17-11-29(12-18-32)35-23-24-36(54(35)34-21-15-31(47)16-22-34)30-13-19-33(20-14-30)49-42(56)38-10-8-26-53(38)44(58)40(28(3)4)51-46(60)62-6/h11-22,27-28,35-40H,7-10,23-26H2,1-6H3,(H,48,55)(H,49,56)(H,50,59)(H,51,60)/t35-,36+,37-,38-,39-,40-/m0/s1. The van der Waals surface area contributed by atoms with Crippen LogP contribution < -0.4 is 26.2 Å². The Bertz CT molecular complexity index is 1960. The lowest BCUT2D eigenvalue weighted by atomic mass is 10.0. The molecule has 0 bridgehead atoms. The number of hydrogen-bond acceptors (Lipinski definition) is 9. The number of nitrogens with zero attached hydrogens (tertiary/aromatic N) is 3. The van der Waals surface area contributed by atoms with E-state index in [2.05, 4.69) is 26.2 Å². The molecule has 0 saturated carbocycles. The minimum absolute atomic E-state index is 0.0814. The van der Waals surface area contributed by atoms with Crippen molar-refractivity contribution < 1.29 is 42.6 Å². The summed E-state index contributed by atoms with van der Waals surface area (Å²) in [5.41, 5.74) is 4.00. The fourth-order valence-corrected chi connectivity index (χ4v) is 8.83. The van der Waals surface area contributed by atoms with Gasteiger partial charge in [-0.05, 0) is 110 Å². The highest BCUT2D eigenvalue weighted by Gasteiger charge is 2.41. The molecule has 15 nitrogen and oxygen atoms in total. The number of amides is 6. The lowest BCUT2D eigenvalue weighted by molar-refractivity contribution is -0.139. The number of hydrogen-bond donors (Lipinski definition) is 4. The normalized spacial score (nSPS) is 20.8. The van der Waals surface area contributed by atoms with Gasteiger partial charge >= 0.3 is 12.2 Å². The van der Waals surface area contributed by atoms with Crippen molar-refractivity contribution in [2.45, 2.75) is 102 Å². The lowest BCUT2D eigenvalue weighted by Gasteiger charge is -2.33. The predicted octanol–water partition coefficient (Wildman–Crippen LogP) is 6.53. The van der Waals surface area contributed by atoms with Crippen molar-refractivity contribution in [1.82, 2.24) is 20.4 Å². The second-order valence-electron chi connectivity index (χ2n) is 16.8. The second-order valence-corrected chi connectivity index (χ2v) is 16.8. The molecule has 62 heavy (non-hydrogen) atoms. The summed E-state index contributed by atoms with van der Waals surface area (Å²) in [6, 6.07) is 18.5. The molecule has 0 unspecified atom stereocenters. The Morgan fingerprint density at radius 3 is 1.32 bits per heavy atom. The van der Waals surface area contributed by atoms with Gasteiger partial charge in [-0.3, -0.25) is 19.2 Å². The summed E-state index contributed by atoms with van der Waals surface area (Å²) in [4.78, 5) is 83.4. The molecular formula is C46H58FN7O8. The summed E-state index contributed by atoms with van der Waals surface area (Å²) >= 11 is 0. The molecule has 0 spiro atoms. The van der Waals surface area contributed by atoms with Crippen LogP contribution in [0.2, 0.25) is 0 Å². The van der Waals surface area contributed by atoms with E-state index >= 15 is 0 Å². The van der Waals surface area contributed by atoms with Gasteiger partial charge in [-0.1, -0.05) is 52.0 Å². The van der Waals surface area contributed by atoms with E-state index in [0.717, 1.165) is 29.7 Å². The molecule has 16 heteroatoms. The molecule has 6 amide bonds. The first-order valence-electron chi connectivity index (χ1n) is 21.4. The highest BCUT2D eigenvalue weighted by atomic mass is 19.1. The van der Waals surface area contributed by atoms with E-state index < -0.39 is 36.4 Å². The molecule has 3 aliphatic rings. The first kappa shape index (κ1) is 45.3. The number of ether oxygens (including phenoxy) is 2. The zero-order chi connectivity index (χ0) is 44.7. The molecule has 0 radical (unpaired) electrons.